The van der Waals surface area contributed by atoms with Crippen molar-refractivity contribution in [1.29, 1.82) is 0 Å². The lowest BCUT2D eigenvalue weighted by molar-refractivity contribution is 0.191. The number of rotatable bonds is 8. The van der Waals surface area contributed by atoms with Crippen LogP contribution in [0, 0.1) is 0 Å². The number of aliphatic hydroxyl groups excluding tert-OH is 1. The van der Waals surface area contributed by atoms with Crippen molar-refractivity contribution in [2.75, 3.05) is 19.8 Å². The number of hydrogen-bond acceptors (Lipinski definition) is 4. The van der Waals surface area contributed by atoms with Crippen LogP contribution in [-0.2, 0) is 6.54 Å². The molecule has 4 nitrogen and oxygen atoms in total. The van der Waals surface area contributed by atoms with Crippen LogP contribution in [0.4, 0.5) is 0 Å². The third kappa shape index (κ3) is 6.31. The van der Waals surface area contributed by atoms with Crippen LogP contribution in [0.2, 0.25) is 0 Å². The van der Waals surface area contributed by atoms with Gasteiger partial charge in [-0.25, -0.2) is 0 Å². The van der Waals surface area contributed by atoms with Gasteiger partial charge in [0.2, 0.25) is 0 Å². The van der Waals surface area contributed by atoms with E-state index >= 15 is 0 Å². The number of hydrogen-bond donors (Lipinski definition) is 2. The van der Waals surface area contributed by atoms with E-state index in [2.05, 4.69) is 21.2 Å². The predicted molar refractivity (Wildman–Crippen MR) is 87.1 cm³/mol. The molecule has 0 aliphatic carbocycles. The fraction of sp³-hybridized carbons (Fsp3) is 0.571. The van der Waals surface area contributed by atoms with E-state index in [1.165, 1.54) is 0 Å². The molecule has 0 fully saturated rings. The van der Waals surface area contributed by atoms with Crippen molar-refractivity contribution in [2.45, 2.75) is 33.4 Å². The van der Waals surface area contributed by atoms with Crippen molar-refractivity contribution < 1.29 is 14.6 Å². The van der Waals surface area contributed by atoms with Crippen LogP contribution in [0.25, 0.3) is 0 Å². The lowest BCUT2D eigenvalue weighted by Crippen LogP contribution is -2.23. The Morgan fingerprint density at radius 3 is 2.45 bits per heavy atom. The summed E-state index contributed by atoms with van der Waals surface area (Å²) in [5, 5.41) is 12.4. The smallest absolute Gasteiger partial charge is 0.175 e. The van der Waals surface area contributed by atoms with Gasteiger partial charge in [-0.3, -0.25) is 0 Å². The minimum atomic E-state index is -0.350. The highest BCUT2D eigenvalue weighted by molar-refractivity contribution is 9.10. The van der Waals surface area contributed by atoms with Gasteiger partial charge >= 0.3 is 0 Å². The van der Waals surface area contributed by atoms with Crippen molar-refractivity contribution >= 4 is 28.3 Å². The number of halogens is 2. The van der Waals surface area contributed by atoms with Crippen LogP contribution < -0.4 is 14.8 Å². The first-order valence-electron chi connectivity index (χ1n) is 6.55. The quantitative estimate of drug-likeness (QED) is 0.740. The first-order valence-corrected chi connectivity index (χ1v) is 7.34. The van der Waals surface area contributed by atoms with Crippen molar-refractivity contribution in [2.24, 2.45) is 0 Å². The molecule has 116 valence electrons. The maximum absolute atomic E-state index is 9.22. The lowest BCUT2D eigenvalue weighted by Gasteiger charge is -2.15. The summed E-state index contributed by atoms with van der Waals surface area (Å²) >= 11 is 3.51. The average Bonchev–Trinajstić information content (AvgIpc) is 2.33. The third-order valence-corrected chi connectivity index (χ3v) is 3.02. The van der Waals surface area contributed by atoms with Gasteiger partial charge in [-0.15, -0.1) is 12.4 Å². The molecule has 0 saturated carbocycles. The van der Waals surface area contributed by atoms with E-state index in [4.69, 9.17) is 9.47 Å². The minimum absolute atomic E-state index is 0. The van der Waals surface area contributed by atoms with Crippen LogP contribution in [0.3, 0.4) is 0 Å². The standard InChI is InChI=1S/C14H22BrNO3.ClH/c1-4-18-13-7-11(9-16-8-10(3)17)6-12(15)14(13)19-5-2;/h6-7,10,16-17H,4-5,8-9H2,1-3H3;1H. The normalized spacial score (nSPS) is 11.7. The molecule has 1 aromatic rings. The molecule has 0 aromatic heterocycles. The maximum Gasteiger partial charge on any atom is 0.175 e. The molecule has 0 aliphatic heterocycles. The highest BCUT2D eigenvalue weighted by atomic mass is 79.9. The van der Waals surface area contributed by atoms with Crippen LogP contribution >= 0.6 is 28.3 Å². The van der Waals surface area contributed by atoms with E-state index < -0.39 is 0 Å². The van der Waals surface area contributed by atoms with Crippen LogP contribution in [0.15, 0.2) is 16.6 Å². The fourth-order valence-corrected chi connectivity index (χ4v) is 2.30. The second kappa shape index (κ2) is 10.3. The molecule has 20 heavy (non-hydrogen) atoms. The summed E-state index contributed by atoms with van der Waals surface area (Å²) < 4.78 is 12.1. The van der Waals surface area contributed by atoms with E-state index in [1.54, 1.807) is 6.92 Å². The van der Waals surface area contributed by atoms with Gasteiger partial charge in [0.15, 0.2) is 11.5 Å². The largest absolute Gasteiger partial charge is 0.490 e. The molecule has 0 aliphatic rings. The van der Waals surface area contributed by atoms with Gasteiger partial charge in [-0.1, -0.05) is 0 Å². The Morgan fingerprint density at radius 2 is 1.90 bits per heavy atom. The second-order valence-corrected chi connectivity index (χ2v) is 5.11. The highest BCUT2D eigenvalue weighted by Gasteiger charge is 2.11. The van der Waals surface area contributed by atoms with E-state index in [0.717, 1.165) is 21.5 Å². The van der Waals surface area contributed by atoms with Gasteiger partial charge in [0.05, 0.1) is 23.8 Å². The van der Waals surface area contributed by atoms with E-state index in [0.29, 0.717) is 26.3 Å². The molecular formula is C14H23BrClNO3. The van der Waals surface area contributed by atoms with E-state index in [9.17, 15) is 5.11 Å². The molecule has 6 heteroatoms. The monoisotopic (exact) mass is 367 g/mol. The van der Waals surface area contributed by atoms with Crippen LogP contribution in [-0.4, -0.2) is 31.0 Å². The zero-order valence-electron chi connectivity index (χ0n) is 12.1. The summed E-state index contributed by atoms with van der Waals surface area (Å²) in [4.78, 5) is 0. The molecule has 0 spiro atoms. The molecule has 1 atom stereocenters. The van der Waals surface area contributed by atoms with Crippen molar-refractivity contribution in [3.8, 4) is 11.5 Å². The van der Waals surface area contributed by atoms with Gasteiger partial charge in [-0.05, 0) is 54.4 Å². The molecular weight excluding hydrogens is 346 g/mol. The number of ether oxygens (including phenoxy) is 2. The van der Waals surface area contributed by atoms with Crippen molar-refractivity contribution in [3.05, 3.63) is 22.2 Å². The molecule has 0 amide bonds. The zero-order valence-corrected chi connectivity index (χ0v) is 14.5. The molecule has 1 aromatic carbocycles. The topological polar surface area (TPSA) is 50.7 Å². The van der Waals surface area contributed by atoms with Gasteiger partial charge in [0, 0.05) is 13.1 Å². The summed E-state index contributed by atoms with van der Waals surface area (Å²) in [6.45, 7) is 8.08. The van der Waals surface area contributed by atoms with Crippen molar-refractivity contribution in [1.82, 2.24) is 5.32 Å². The first-order chi connectivity index (χ1) is 9.08. The molecule has 0 radical (unpaired) electrons. The van der Waals surface area contributed by atoms with E-state index in [-0.39, 0.29) is 18.5 Å². The number of aliphatic hydroxyl groups is 1. The summed E-state index contributed by atoms with van der Waals surface area (Å²) in [7, 11) is 0. The second-order valence-electron chi connectivity index (χ2n) is 4.25. The Kier molecular flexibility index (Phi) is 10.0. The van der Waals surface area contributed by atoms with Gasteiger partial charge in [-0.2, -0.15) is 0 Å². The van der Waals surface area contributed by atoms with Gasteiger partial charge in [0.1, 0.15) is 0 Å². The molecule has 1 unspecified atom stereocenters. The molecule has 0 heterocycles. The zero-order chi connectivity index (χ0) is 14.3. The maximum atomic E-state index is 9.22. The van der Waals surface area contributed by atoms with Crippen LogP contribution in [0.1, 0.15) is 26.3 Å². The Balaban J connectivity index is 0.00000361. The highest BCUT2D eigenvalue weighted by Crippen LogP contribution is 2.36. The van der Waals surface area contributed by atoms with Crippen molar-refractivity contribution in [3.63, 3.8) is 0 Å². The van der Waals surface area contributed by atoms with Gasteiger partial charge in [0.25, 0.3) is 0 Å². The Morgan fingerprint density at radius 1 is 1.25 bits per heavy atom. The minimum Gasteiger partial charge on any atom is -0.490 e. The molecule has 0 saturated heterocycles. The Hall–Kier alpha value is -0.490. The number of benzene rings is 1. The summed E-state index contributed by atoms with van der Waals surface area (Å²) in [6.07, 6.45) is -0.350. The Labute approximate surface area is 135 Å². The molecule has 2 N–H and O–H groups in total. The molecule has 1 rings (SSSR count). The number of nitrogens with one attached hydrogen (secondary N) is 1. The average molecular weight is 369 g/mol. The Bertz CT molecular complexity index is 402. The van der Waals surface area contributed by atoms with E-state index in [1.807, 2.05) is 26.0 Å². The SMILES string of the molecule is CCOc1cc(CNCC(C)O)cc(Br)c1OCC.Cl. The van der Waals surface area contributed by atoms with Gasteiger partial charge < -0.3 is 19.9 Å². The summed E-state index contributed by atoms with van der Waals surface area (Å²) in [6, 6.07) is 3.97. The first kappa shape index (κ1) is 19.5. The molecule has 0 bridgehead atoms. The third-order valence-electron chi connectivity index (χ3n) is 2.43. The fourth-order valence-electron chi connectivity index (χ4n) is 1.70. The van der Waals surface area contributed by atoms with Crippen LogP contribution in [0.5, 0.6) is 11.5 Å². The summed E-state index contributed by atoms with van der Waals surface area (Å²) in [5.41, 5.74) is 1.08. The lowest BCUT2D eigenvalue weighted by atomic mass is 10.2. The summed E-state index contributed by atoms with van der Waals surface area (Å²) in [5.74, 6) is 1.48. The predicted octanol–water partition coefficient (Wildman–Crippen LogP) is 3.14.